The first-order chi connectivity index (χ1) is 9.09. The van der Waals surface area contributed by atoms with Crippen molar-refractivity contribution in [3.63, 3.8) is 0 Å². The lowest BCUT2D eigenvalue weighted by Gasteiger charge is -2.25. The van der Waals surface area contributed by atoms with Gasteiger partial charge in [-0.05, 0) is 34.1 Å². The van der Waals surface area contributed by atoms with E-state index in [1.165, 1.54) is 0 Å². The Hall–Kier alpha value is -1.14. The smallest absolute Gasteiger partial charge is 0.306 e. The Morgan fingerprint density at radius 2 is 1.35 bits per heavy atom. The van der Waals surface area contributed by atoms with Crippen molar-refractivity contribution in [1.82, 2.24) is 0 Å². The molecule has 0 aromatic carbocycles. The molecule has 6 nitrogen and oxygen atoms in total. The lowest BCUT2D eigenvalue weighted by molar-refractivity contribution is -0.192. The highest BCUT2D eigenvalue weighted by Crippen LogP contribution is 2.17. The van der Waals surface area contributed by atoms with Crippen LogP contribution in [0.25, 0.3) is 0 Å². The van der Waals surface area contributed by atoms with Gasteiger partial charge in [0, 0.05) is 13.3 Å². The highest BCUT2D eigenvalue weighted by atomic mass is 16.7. The van der Waals surface area contributed by atoms with Gasteiger partial charge in [-0.15, -0.1) is 0 Å². The van der Waals surface area contributed by atoms with Crippen molar-refractivity contribution in [1.29, 1.82) is 0 Å². The van der Waals surface area contributed by atoms with Crippen LogP contribution in [0.1, 0.15) is 54.4 Å². The summed E-state index contributed by atoms with van der Waals surface area (Å²) in [5.41, 5.74) is 0. The Labute approximate surface area is 121 Å². The molecule has 0 saturated carbocycles. The van der Waals surface area contributed by atoms with Gasteiger partial charge >= 0.3 is 5.97 Å². The summed E-state index contributed by atoms with van der Waals surface area (Å²) in [5, 5.41) is 16.4. The van der Waals surface area contributed by atoms with E-state index in [4.69, 9.17) is 24.5 Å². The van der Waals surface area contributed by atoms with Gasteiger partial charge in [-0.3, -0.25) is 9.59 Å². The Morgan fingerprint density at radius 3 is 1.55 bits per heavy atom. The van der Waals surface area contributed by atoms with Gasteiger partial charge in [0.1, 0.15) is 0 Å². The molecule has 20 heavy (non-hydrogen) atoms. The standard InChI is InChI=1S/C12H24O4.C2H4O2/c1-6-10(12(13)14)7-11(15-8(2)3)16-9(4)5;1-2(3)4/h8-11H,6-7H2,1-5H3,(H,13,14);1H3,(H,3,4). The van der Waals surface area contributed by atoms with Crippen molar-refractivity contribution in [2.45, 2.75) is 72.9 Å². The second-order valence-electron chi connectivity index (χ2n) is 5.00. The van der Waals surface area contributed by atoms with Gasteiger partial charge in [-0.2, -0.15) is 0 Å². The Bertz CT molecular complexity index is 261. The average Bonchev–Trinajstić information content (AvgIpc) is 2.22. The van der Waals surface area contributed by atoms with E-state index >= 15 is 0 Å². The Morgan fingerprint density at radius 1 is 1.00 bits per heavy atom. The van der Waals surface area contributed by atoms with Gasteiger partial charge in [0.05, 0.1) is 18.1 Å². The minimum Gasteiger partial charge on any atom is -0.481 e. The van der Waals surface area contributed by atoms with E-state index in [2.05, 4.69) is 0 Å². The maximum absolute atomic E-state index is 10.9. The van der Waals surface area contributed by atoms with Gasteiger partial charge < -0.3 is 19.7 Å². The van der Waals surface area contributed by atoms with Crippen LogP contribution in [0.2, 0.25) is 0 Å². The summed E-state index contributed by atoms with van der Waals surface area (Å²) >= 11 is 0. The van der Waals surface area contributed by atoms with Gasteiger partial charge in [-0.1, -0.05) is 6.92 Å². The first kappa shape index (κ1) is 21.2. The molecule has 0 aromatic heterocycles. The van der Waals surface area contributed by atoms with E-state index in [1.54, 1.807) is 0 Å². The van der Waals surface area contributed by atoms with Crippen molar-refractivity contribution in [2.75, 3.05) is 0 Å². The van der Waals surface area contributed by atoms with Gasteiger partial charge in [0.25, 0.3) is 5.97 Å². The van der Waals surface area contributed by atoms with Crippen molar-refractivity contribution < 1.29 is 29.3 Å². The molecule has 0 fully saturated rings. The summed E-state index contributed by atoms with van der Waals surface area (Å²) in [4.78, 5) is 19.9. The molecule has 1 atom stereocenters. The number of aliphatic carboxylic acids is 2. The zero-order chi connectivity index (χ0) is 16.3. The van der Waals surface area contributed by atoms with E-state index in [1.807, 2.05) is 34.6 Å². The maximum atomic E-state index is 10.9. The van der Waals surface area contributed by atoms with Gasteiger partial charge in [0.2, 0.25) is 0 Å². The lowest BCUT2D eigenvalue weighted by Crippen LogP contribution is -2.29. The summed E-state index contributed by atoms with van der Waals surface area (Å²) in [7, 11) is 0. The number of carbonyl (C=O) groups is 2. The molecule has 0 saturated heterocycles. The number of rotatable bonds is 8. The second kappa shape index (κ2) is 11.7. The van der Waals surface area contributed by atoms with Crippen LogP contribution in [0.4, 0.5) is 0 Å². The van der Waals surface area contributed by atoms with Crippen LogP contribution in [0.3, 0.4) is 0 Å². The number of hydrogen-bond acceptors (Lipinski definition) is 4. The summed E-state index contributed by atoms with van der Waals surface area (Å²) in [6.07, 6.45) is 0.642. The van der Waals surface area contributed by atoms with Crippen LogP contribution in [-0.2, 0) is 19.1 Å². The second-order valence-corrected chi connectivity index (χ2v) is 5.00. The fourth-order valence-electron chi connectivity index (χ4n) is 1.42. The largest absolute Gasteiger partial charge is 0.481 e. The zero-order valence-electron chi connectivity index (χ0n) is 13.3. The Kier molecular flexibility index (Phi) is 12.3. The topological polar surface area (TPSA) is 93.1 Å². The van der Waals surface area contributed by atoms with E-state index in [0.29, 0.717) is 12.8 Å². The molecule has 0 heterocycles. The summed E-state index contributed by atoms with van der Waals surface area (Å²) in [5.74, 6) is -2.02. The predicted molar refractivity (Wildman–Crippen MR) is 75.6 cm³/mol. The molecule has 2 N–H and O–H groups in total. The number of ether oxygens (including phenoxy) is 2. The minimum atomic E-state index is -0.833. The summed E-state index contributed by atoms with van der Waals surface area (Å²) in [6, 6.07) is 0. The van der Waals surface area contributed by atoms with Crippen molar-refractivity contribution >= 4 is 11.9 Å². The molecule has 0 amide bonds. The number of carboxylic acids is 2. The van der Waals surface area contributed by atoms with E-state index in [9.17, 15) is 4.79 Å². The van der Waals surface area contributed by atoms with E-state index < -0.39 is 24.1 Å². The average molecular weight is 292 g/mol. The molecule has 0 aliphatic rings. The summed E-state index contributed by atoms with van der Waals surface area (Å²) < 4.78 is 11.1. The lowest BCUT2D eigenvalue weighted by atomic mass is 10.0. The summed E-state index contributed by atoms with van der Waals surface area (Å²) in [6.45, 7) is 10.6. The van der Waals surface area contributed by atoms with Gasteiger partial charge in [-0.25, -0.2) is 0 Å². The molecule has 0 aromatic rings. The predicted octanol–water partition coefficient (Wildman–Crippen LogP) is 2.75. The normalized spacial score (nSPS) is 12.2. The highest BCUT2D eigenvalue weighted by Gasteiger charge is 2.23. The van der Waals surface area contributed by atoms with Crippen molar-refractivity contribution in [3.05, 3.63) is 0 Å². The minimum absolute atomic E-state index is 0.0371. The highest BCUT2D eigenvalue weighted by molar-refractivity contribution is 5.69. The third-order valence-corrected chi connectivity index (χ3v) is 2.17. The SMILES string of the molecule is CC(=O)O.CCC(CC(OC(C)C)OC(C)C)C(=O)O. The van der Waals surface area contributed by atoms with Crippen LogP contribution < -0.4 is 0 Å². The molecule has 0 aliphatic carbocycles. The molecule has 0 aliphatic heterocycles. The molecular weight excluding hydrogens is 264 g/mol. The number of carboxylic acid groups (broad SMARTS) is 2. The fourth-order valence-corrected chi connectivity index (χ4v) is 1.42. The quantitative estimate of drug-likeness (QED) is 0.668. The molecule has 6 heteroatoms. The molecule has 0 bridgehead atoms. The van der Waals surface area contributed by atoms with Crippen LogP contribution in [0.5, 0.6) is 0 Å². The first-order valence-electron chi connectivity index (χ1n) is 6.83. The van der Waals surface area contributed by atoms with Crippen molar-refractivity contribution in [3.8, 4) is 0 Å². The molecule has 120 valence electrons. The van der Waals surface area contributed by atoms with Crippen LogP contribution in [-0.4, -0.2) is 40.6 Å². The molecule has 0 radical (unpaired) electrons. The van der Waals surface area contributed by atoms with Crippen LogP contribution in [0, 0.1) is 5.92 Å². The Balaban J connectivity index is 0. The van der Waals surface area contributed by atoms with Crippen LogP contribution in [0.15, 0.2) is 0 Å². The van der Waals surface area contributed by atoms with Gasteiger partial charge in [0.15, 0.2) is 6.29 Å². The fraction of sp³-hybridized carbons (Fsp3) is 0.857. The molecule has 0 spiro atoms. The van der Waals surface area contributed by atoms with Crippen molar-refractivity contribution in [2.24, 2.45) is 5.92 Å². The maximum Gasteiger partial charge on any atom is 0.306 e. The molecule has 1 unspecified atom stereocenters. The van der Waals surface area contributed by atoms with E-state index in [-0.39, 0.29) is 12.2 Å². The molecular formula is C14H28O6. The van der Waals surface area contributed by atoms with Crippen LogP contribution >= 0.6 is 0 Å². The first-order valence-corrected chi connectivity index (χ1v) is 6.83. The number of hydrogen-bond donors (Lipinski definition) is 2. The molecule has 0 rings (SSSR count). The third-order valence-electron chi connectivity index (χ3n) is 2.17. The third kappa shape index (κ3) is 14.9. The van der Waals surface area contributed by atoms with E-state index in [0.717, 1.165) is 6.92 Å². The monoisotopic (exact) mass is 292 g/mol. The zero-order valence-corrected chi connectivity index (χ0v) is 13.3.